The van der Waals surface area contributed by atoms with Gasteiger partial charge in [-0.15, -0.1) is 5.10 Å². The molecule has 1 aromatic carbocycles. The van der Waals surface area contributed by atoms with Gasteiger partial charge >= 0.3 is 5.97 Å². The number of benzene rings is 1. The molecule has 9 heteroatoms. The molecule has 0 saturated carbocycles. The summed E-state index contributed by atoms with van der Waals surface area (Å²) >= 11 is 0.938. The number of hydrogen-bond donors (Lipinski definition) is 3. The zero-order chi connectivity index (χ0) is 16.1. The van der Waals surface area contributed by atoms with Gasteiger partial charge in [-0.05, 0) is 23.9 Å². The number of aromatic hydroxyl groups is 2. The van der Waals surface area contributed by atoms with E-state index in [1.54, 1.807) is 0 Å². The zero-order valence-corrected chi connectivity index (χ0v) is 12.1. The summed E-state index contributed by atoms with van der Waals surface area (Å²) in [7, 11) is 1.21. The molecular formula is C13H11N3O5S. The largest absolute Gasteiger partial charge is 0.508 e. The highest BCUT2D eigenvalue weighted by Gasteiger charge is 2.24. The molecule has 0 unspecified atom stereocenters. The topological polar surface area (TPSA) is 121 Å². The van der Waals surface area contributed by atoms with Crippen LogP contribution < -0.4 is 5.32 Å². The minimum atomic E-state index is -0.642. The first-order valence-electron chi connectivity index (χ1n) is 5.91. The van der Waals surface area contributed by atoms with Crippen LogP contribution in [0.2, 0.25) is 0 Å². The van der Waals surface area contributed by atoms with Gasteiger partial charge in [0.15, 0.2) is 5.17 Å². The molecule has 1 aliphatic rings. The fourth-order valence-electron chi connectivity index (χ4n) is 1.43. The van der Waals surface area contributed by atoms with E-state index in [2.05, 4.69) is 20.3 Å². The van der Waals surface area contributed by atoms with E-state index in [1.807, 2.05) is 0 Å². The van der Waals surface area contributed by atoms with Crippen molar-refractivity contribution < 1.29 is 24.5 Å². The maximum Gasteiger partial charge on any atom is 0.331 e. The Balaban J connectivity index is 2.08. The molecule has 1 saturated heterocycles. The highest BCUT2D eigenvalue weighted by molar-refractivity contribution is 8.18. The lowest BCUT2D eigenvalue weighted by atomic mass is 10.2. The number of carbonyl (C=O) groups excluding carboxylic acids is 2. The van der Waals surface area contributed by atoms with E-state index in [1.165, 1.54) is 25.5 Å². The maximum atomic E-state index is 11.6. The number of phenols is 2. The Kier molecular flexibility index (Phi) is 4.79. The molecule has 1 aliphatic heterocycles. The number of hydrogen-bond acceptors (Lipinski definition) is 8. The number of carbonyl (C=O) groups is 2. The normalized spacial score (nSPS) is 18.1. The van der Waals surface area contributed by atoms with Crippen molar-refractivity contribution >= 4 is 35.0 Å². The van der Waals surface area contributed by atoms with Gasteiger partial charge in [-0.25, -0.2) is 4.79 Å². The lowest BCUT2D eigenvalue weighted by Crippen LogP contribution is -2.19. The van der Waals surface area contributed by atoms with Crippen LogP contribution in [-0.2, 0) is 14.3 Å². The van der Waals surface area contributed by atoms with Crippen LogP contribution in [0.15, 0.2) is 39.4 Å². The molecule has 1 fully saturated rings. The second-order valence-electron chi connectivity index (χ2n) is 3.98. The number of esters is 1. The quantitative estimate of drug-likeness (QED) is 0.326. The highest BCUT2D eigenvalue weighted by atomic mass is 32.2. The maximum absolute atomic E-state index is 11.6. The van der Waals surface area contributed by atoms with E-state index in [9.17, 15) is 14.7 Å². The molecule has 0 aromatic heterocycles. The van der Waals surface area contributed by atoms with Crippen molar-refractivity contribution in [3.63, 3.8) is 0 Å². The SMILES string of the molecule is COC(=O)/C=C1/S/C(=N\N=Cc2ccc(O)cc2O)NC1=O. The van der Waals surface area contributed by atoms with Gasteiger partial charge in [-0.1, -0.05) is 0 Å². The smallest absolute Gasteiger partial charge is 0.331 e. The van der Waals surface area contributed by atoms with Gasteiger partial charge < -0.3 is 14.9 Å². The predicted molar refractivity (Wildman–Crippen MR) is 80.6 cm³/mol. The zero-order valence-electron chi connectivity index (χ0n) is 11.3. The van der Waals surface area contributed by atoms with E-state index in [0.717, 1.165) is 23.9 Å². The monoisotopic (exact) mass is 321 g/mol. The predicted octanol–water partition coefficient (Wildman–Crippen LogP) is 0.708. The molecule has 8 nitrogen and oxygen atoms in total. The van der Waals surface area contributed by atoms with Gasteiger partial charge in [-0.2, -0.15) is 5.10 Å². The van der Waals surface area contributed by atoms with Crippen molar-refractivity contribution in [2.75, 3.05) is 7.11 Å². The summed E-state index contributed by atoms with van der Waals surface area (Å²) in [5, 5.41) is 28.8. The number of nitrogens with one attached hydrogen (secondary N) is 1. The molecule has 0 aliphatic carbocycles. The number of amides is 1. The molecule has 1 aromatic rings. The molecule has 0 atom stereocenters. The molecule has 1 amide bonds. The Hall–Kier alpha value is -2.81. The molecule has 2 rings (SSSR count). The van der Waals surface area contributed by atoms with Crippen LogP contribution in [0.1, 0.15) is 5.56 Å². The van der Waals surface area contributed by atoms with Gasteiger partial charge in [0.2, 0.25) is 0 Å². The van der Waals surface area contributed by atoms with Crippen LogP contribution in [0.25, 0.3) is 0 Å². The first-order valence-corrected chi connectivity index (χ1v) is 6.73. The average Bonchev–Trinajstić information content (AvgIpc) is 2.81. The van der Waals surface area contributed by atoms with Crippen LogP contribution in [0.5, 0.6) is 11.5 Å². The van der Waals surface area contributed by atoms with E-state index >= 15 is 0 Å². The number of phenolic OH excluding ortho intramolecular Hbond substituents is 2. The summed E-state index contributed by atoms with van der Waals surface area (Å²) in [5.74, 6) is -1.34. The van der Waals surface area contributed by atoms with E-state index in [-0.39, 0.29) is 21.6 Å². The van der Waals surface area contributed by atoms with Crippen molar-refractivity contribution in [3.05, 3.63) is 34.7 Å². The minimum absolute atomic E-state index is 0.0721. The van der Waals surface area contributed by atoms with Crippen molar-refractivity contribution in [2.24, 2.45) is 10.2 Å². The van der Waals surface area contributed by atoms with Gasteiger partial charge in [0.05, 0.1) is 18.2 Å². The van der Waals surface area contributed by atoms with Crippen LogP contribution in [0.3, 0.4) is 0 Å². The molecule has 22 heavy (non-hydrogen) atoms. The van der Waals surface area contributed by atoms with Crippen LogP contribution >= 0.6 is 11.8 Å². The van der Waals surface area contributed by atoms with Crippen molar-refractivity contribution in [2.45, 2.75) is 0 Å². The lowest BCUT2D eigenvalue weighted by Gasteiger charge is -1.97. The summed E-state index contributed by atoms with van der Waals surface area (Å²) in [6.45, 7) is 0. The summed E-state index contributed by atoms with van der Waals surface area (Å²) < 4.78 is 4.43. The molecule has 114 valence electrons. The van der Waals surface area contributed by atoms with Crippen molar-refractivity contribution in [3.8, 4) is 11.5 Å². The van der Waals surface area contributed by atoms with Crippen molar-refractivity contribution in [1.82, 2.24) is 5.32 Å². The Morgan fingerprint density at radius 2 is 2.18 bits per heavy atom. The number of ether oxygens (including phenoxy) is 1. The van der Waals surface area contributed by atoms with Crippen molar-refractivity contribution in [1.29, 1.82) is 0 Å². The third-order valence-electron chi connectivity index (χ3n) is 2.46. The van der Waals surface area contributed by atoms with Gasteiger partial charge in [-0.3, -0.25) is 10.1 Å². The van der Waals surface area contributed by atoms with Crippen LogP contribution in [-0.4, -0.2) is 40.6 Å². The van der Waals surface area contributed by atoms with E-state index in [0.29, 0.717) is 5.56 Å². The number of thioether (sulfide) groups is 1. The molecule has 0 spiro atoms. The molecule has 3 N–H and O–H groups in total. The molecule has 0 radical (unpaired) electrons. The van der Waals surface area contributed by atoms with Gasteiger partial charge in [0.25, 0.3) is 5.91 Å². The first-order chi connectivity index (χ1) is 10.5. The van der Waals surface area contributed by atoms with Gasteiger partial charge in [0.1, 0.15) is 11.5 Å². The number of methoxy groups -OCH3 is 1. The molecule has 0 bridgehead atoms. The van der Waals surface area contributed by atoms with Crippen LogP contribution in [0, 0.1) is 0 Å². The molecular weight excluding hydrogens is 310 g/mol. The van der Waals surface area contributed by atoms with E-state index < -0.39 is 11.9 Å². The minimum Gasteiger partial charge on any atom is -0.508 e. The van der Waals surface area contributed by atoms with Crippen LogP contribution in [0.4, 0.5) is 0 Å². The summed E-state index contributed by atoms with van der Waals surface area (Å²) in [6, 6.07) is 4.01. The third kappa shape index (κ3) is 3.85. The first kappa shape index (κ1) is 15.6. The number of rotatable bonds is 3. The standard InChI is InChI=1S/C13H11N3O5S/c1-21-11(19)5-10-12(20)15-13(22-10)16-14-6-7-2-3-8(17)4-9(7)18/h2-6,17-18H,1H3,(H,15,16,20)/b10-5+,14-6?. The summed E-state index contributed by atoms with van der Waals surface area (Å²) in [5.41, 5.74) is 0.349. The summed E-state index contributed by atoms with van der Waals surface area (Å²) in [4.78, 5) is 22.8. The number of amidine groups is 1. The Morgan fingerprint density at radius 3 is 2.86 bits per heavy atom. The van der Waals surface area contributed by atoms with E-state index in [4.69, 9.17) is 5.11 Å². The lowest BCUT2D eigenvalue weighted by molar-refractivity contribution is -0.135. The second-order valence-corrected chi connectivity index (χ2v) is 5.01. The average molecular weight is 321 g/mol. The fraction of sp³-hybridized carbons (Fsp3) is 0.0769. The Bertz CT molecular complexity index is 712. The summed E-state index contributed by atoms with van der Waals surface area (Å²) in [6.07, 6.45) is 2.31. The molecule has 1 heterocycles. The number of nitrogens with zero attached hydrogens (tertiary/aromatic N) is 2. The Morgan fingerprint density at radius 1 is 1.41 bits per heavy atom. The fourth-order valence-corrected chi connectivity index (χ4v) is 2.16. The highest BCUT2D eigenvalue weighted by Crippen LogP contribution is 2.24. The Labute approximate surface area is 129 Å². The second kappa shape index (κ2) is 6.76. The third-order valence-corrected chi connectivity index (χ3v) is 3.36. The van der Waals surface area contributed by atoms with Gasteiger partial charge in [0, 0.05) is 17.7 Å².